The molecular weight excluding hydrogens is 242 g/mol. The van der Waals surface area contributed by atoms with E-state index >= 15 is 0 Å². The van der Waals surface area contributed by atoms with Gasteiger partial charge in [-0.05, 0) is 12.0 Å². The quantitative estimate of drug-likeness (QED) is 0.797. The lowest BCUT2D eigenvalue weighted by atomic mass is 10.0. The SMILES string of the molecule is CCc1c(CNOC)c(Cl)cc(OC)c1OC. The van der Waals surface area contributed by atoms with Crippen LogP contribution in [0.1, 0.15) is 18.1 Å². The summed E-state index contributed by atoms with van der Waals surface area (Å²) in [4.78, 5) is 4.85. The second kappa shape index (κ2) is 6.69. The molecule has 1 aromatic carbocycles. The molecule has 0 amide bonds. The van der Waals surface area contributed by atoms with E-state index in [9.17, 15) is 0 Å². The van der Waals surface area contributed by atoms with Crippen LogP contribution in [0.5, 0.6) is 11.5 Å². The summed E-state index contributed by atoms with van der Waals surface area (Å²) in [6.45, 7) is 2.57. The van der Waals surface area contributed by atoms with Gasteiger partial charge in [-0.3, -0.25) is 0 Å². The van der Waals surface area contributed by atoms with Gasteiger partial charge in [-0.1, -0.05) is 18.5 Å². The molecule has 0 spiro atoms. The summed E-state index contributed by atoms with van der Waals surface area (Å²) in [5, 5.41) is 0.643. The van der Waals surface area contributed by atoms with Crippen molar-refractivity contribution in [3.8, 4) is 11.5 Å². The van der Waals surface area contributed by atoms with Crippen LogP contribution in [0.25, 0.3) is 0 Å². The first kappa shape index (κ1) is 14.1. The zero-order valence-corrected chi connectivity index (χ0v) is 11.4. The minimum absolute atomic E-state index is 0.527. The molecule has 0 saturated heterocycles. The van der Waals surface area contributed by atoms with E-state index in [1.807, 2.05) is 6.92 Å². The van der Waals surface area contributed by atoms with Crippen molar-refractivity contribution in [2.45, 2.75) is 19.9 Å². The summed E-state index contributed by atoms with van der Waals surface area (Å²) in [6, 6.07) is 1.76. The van der Waals surface area contributed by atoms with Crippen molar-refractivity contribution >= 4 is 11.6 Å². The highest BCUT2D eigenvalue weighted by molar-refractivity contribution is 6.31. The molecule has 0 radical (unpaired) electrons. The Hall–Kier alpha value is -0.970. The van der Waals surface area contributed by atoms with Gasteiger partial charge in [-0.2, -0.15) is 5.48 Å². The minimum atomic E-state index is 0.527. The van der Waals surface area contributed by atoms with Crippen molar-refractivity contribution in [3.05, 3.63) is 22.2 Å². The van der Waals surface area contributed by atoms with Crippen molar-refractivity contribution in [3.63, 3.8) is 0 Å². The first-order valence-corrected chi connectivity index (χ1v) is 5.75. The molecule has 1 N–H and O–H groups in total. The van der Waals surface area contributed by atoms with Crippen LogP contribution in [0, 0.1) is 0 Å². The third-order valence-electron chi connectivity index (χ3n) is 2.58. The van der Waals surface area contributed by atoms with E-state index in [2.05, 4.69) is 5.48 Å². The molecule has 0 atom stereocenters. The molecule has 0 aromatic heterocycles. The zero-order valence-electron chi connectivity index (χ0n) is 10.6. The summed E-state index contributed by atoms with van der Waals surface area (Å²) in [5.74, 6) is 1.38. The highest BCUT2D eigenvalue weighted by Gasteiger charge is 2.17. The Labute approximate surface area is 107 Å². The number of nitrogens with one attached hydrogen (secondary N) is 1. The van der Waals surface area contributed by atoms with Crippen molar-refractivity contribution in [2.24, 2.45) is 0 Å². The van der Waals surface area contributed by atoms with Gasteiger partial charge in [0.2, 0.25) is 0 Å². The van der Waals surface area contributed by atoms with Gasteiger partial charge in [0, 0.05) is 23.2 Å². The molecule has 0 saturated carbocycles. The van der Waals surface area contributed by atoms with E-state index in [4.69, 9.17) is 25.9 Å². The normalized spacial score (nSPS) is 10.4. The average molecular weight is 260 g/mol. The average Bonchev–Trinajstić information content (AvgIpc) is 2.35. The fourth-order valence-corrected chi connectivity index (χ4v) is 2.06. The smallest absolute Gasteiger partial charge is 0.164 e. The molecule has 1 rings (SSSR count). The lowest BCUT2D eigenvalue weighted by molar-refractivity contribution is 0.0865. The van der Waals surface area contributed by atoms with Crippen molar-refractivity contribution < 1.29 is 14.3 Å². The van der Waals surface area contributed by atoms with E-state index in [0.717, 1.165) is 23.3 Å². The molecule has 0 heterocycles. The van der Waals surface area contributed by atoms with Crippen LogP contribution in [-0.2, 0) is 17.8 Å². The summed E-state index contributed by atoms with van der Waals surface area (Å²) >= 11 is 6.23. The Morgan fingerprint density at radius 1 is 1.18 bits per heavy atom. The van der Waals surface area contributed by atoms with Crippen LogP contribution in [0.15, 0.2) is 6.07 Å². The fraction of sp³-hybridized carbons (Fsp3) is 0.500. The first-order chi connectivity index (χ1) is 8.19. The van der Waals surface area contributed by atoms with Crippen LogP contribution >= 0.6 is 11.6 Å². The van der Waals surface area contributed by atoms with Gasteiger partial charge < -0.3 is 14.3 Å². The molecule has 5 heteroatoms. The number of hydrogen-bond donors (Lipinski definition) is 1. The molecule has 0 unspecified atom stereocenters. The number of benzene rings is 1. The molecule has 0 bridgehead atoms. The standard InChI is InChI=1S/C12H18ClNO3/c1-5-8-9(7-14-17-4)10(13)6-11(15-2)12(8)16-3/h6,14H,5,7H2,1-4H3. The first-order valence-electron chi connectivity index (χ1n) is 5.37. The van der Waals surface area contributed by atoms with E-state index in [1.54, 1.807) is 27.4 Å². The molecule has 0 aliphatic carbocycles. The highest BCUT2D eigenvalue weighted by atomic mass is 35.5. The highest BCUT2D eigenvalue weighted by Crippen LogP contribution is 2.38. The van der Waals surface area contributed by atoms with E-state index in [-0.39, 0.29) is 0 Å². The number of rotatable bonds is 6. The van der Waals surface area contributed by atoms with Gasteiger partial charge >= 0.3 is 0 Å². The van der Waals surface area contributed by atoms with E-state index in [0.29, 0.717) is 17.3 Å². The van der Waals surface area contributed by atoms with Gasteiger partial charge in [-0.25, -0.2) is 0 Å². The van der Waals surface area contributed by atoms with Gasteiger partial charge in [0.25, 0.3) is 0 Å². The summed E-state index contributed by atoms with van der Waals surface area (Å²) in [5.41, 5.74) is 4.78. The Morgan fingerprint density at radius 3 is 2.35 bits per heavy atom. The Balaban J connectivity index is 3.27. The molecule has 0 fully saturated rings. The topological polar surface area (TPSA) is 39.7 Å². The Kier molecular flexibility index (Phi) is 5.55. The van der Waals surface area contributed by atoms with Crippen molar-refractivity contribution in [1.82, 2.24) is 5.48 Å². The molecule has 4 nitrogen and oxygen atoms in total. The van der Waals surface area contributed by atoms with E-state index in [1.165, 1.54) is 0 Å². The van der Waals surface area contributed by atoms with Gasteiger partial charge in [0.15, 0.2) is 11.5 Å². The van der Waals surface area contributed by atoms with Gasteiger partial charge in [-0.15, -0.1) is 0 Å². The van der Waals surface area contributed by atoms with Crippen LogP contribution < -0.4 is 15.0 Å². The second-order valence-corrected chi connectivity index (χ2v) is 3.84. The maximum atomic E-state index is 6.23. The molecule has 17 heavy (non-hydrogen) atoms. The lowest BCUT2D eigenvalue weighted by Gasteiger charge is -2.17. The Morgan fingerprint density at radius 2 is 1.88 bits per heavy atom. The molecule has 96 valence electrons. The van der Waals surface area contributed by atoms with Gasteiger partial charge in [0.1, 0.15) is 0 Å². The van der Waals surface area contributed by atoms with Crippen molar-refractivity contribution in [2.75, 3.05) is 21.3 Å². The predicted molar refractivity (Wildman–Crippen MR) is 67.8 cm³/mol. The zero-order chi connectivity index (χ0) is 12.8. The molecule has 1 aromatic rings. The second-order valence-electron chi connectivity index (χ2n) is 3.43. The number of methoxy groups -OCH3 is 2. The van der Waals surface area contributed by atoms with Crippen LogP contribution in [-0.4, -0.2) is 21.3 Å². The third kappa shape index (κ3) is 3.03. The number of ether oxygens (including phenoxy) is 2. The predicted octanol–water partition coefficient (Wildman–Crippen LogP) is 2.57. The third-order valence-corrected chi connectivity index (χ3v) is 2.92. The maximum Gasteiger partial charge on any atom is 0.164 e. The Bertz CT molecular complexity index is 383. The maximum absolute atomic E-state index is 6.23. The van der Waals surface area contributed by atoms with Crippen LogP contribution in [0.4, 0.5) is 0 Å². The van der Waals surface area contributed by atoms with E-state index < -0.39 is 0 Å². The van der Waals surface area contributed by atoms with Crippen LogP contribution in [0.3, 0.4) is 0 Å². The number of hydrogen-bond acceptors (Lipinski definition) is 4. The fourth-order valence-electron chi connectivity index (χ4n) is 1.78. The molecule has 0 aliphatic heterocycles. The monoisotopic (exact) mass is 259 g/mol. The van der Waals surface area contributed by atoms with Crippen molar-refractivity contribution in [1.29, 1.82) is 0 Å². The van der Waals surface area contributed by atoms with Gasteiger partial charge in [0.05, 0.1) is 21.3 Å². The lowest BCUT2D eigenvalue weighted by Crippen LogP contribution is -2.13. The number of hydroxylamine groups is 1. The summed E-state index contributed by atoms with van der Waals surface area (Å²) in [7, 11) is 4.79. The minimum Gasteiger partial charge on any atom is -0.493 e. The number of halogens is 1. The summed E-state index contributed by atoms with van der Waals surface area (Å²) in [6.07, 6.45) is 0.806. The van der Waals surface area contributed by atoms with Crippen LogP contribution in [0.2, 0.25) is 5.02 Å². The largest absolute Gasteiger partial charge is 0.493 e. The molecule has 0 aliphatic rings. The summed E-state index contributed by atoms with van der Waals surface area (Å²) < 4.78 is 10.6. The molecular formula is C12H18ClNO3.